The number of nitrogens with zero attached hydrogens (tertiary/aromatic N) is 2. The molecule has 1 fully saturated rings. The van der Waals surface area contributed by atoms with Gasteiger partial charge in [-0.25, -0.2) is 0 Å². The van der Waals surface area contributed by atoms with Gasteiger partial charge < -0.3 is 18.9 Å². The third-order valence-corrected chi connectivity index (χ3v) is 5.07. The quantitative estimate of drug-likeness (QED) is 0.724. The van der Waals surface area contributed by atoms with Crippen LogP contribution < -0.4 is 9.04 Å². The lowest BCUT2D eigenvalue weighted by Crippen LogP contribution is -2.48. The Hall–Kier alpha value is -0.950. The first kappa shape index (κ1) is 19.4. The lowest BCUT2D eigenvalue weighted by atomic mass is 10.1. The average Bonchev–Trinajstić information content (AvgIpc) is 2.60. The van der Waals surface area contributed by atoms with Crippen molar-refractivity contribution < 1.29 is 14.6 Å². The van der Waals surface area contributed by atoms with E-state index in [1.54, 1.807) is 11.9 Å². The fourth-order valence-electron chi connectivity index (χ4n) is 2.70. The molecule has 1 aromatic carbocycles. The molecule has 0 bridgehead atoms. The Bertz CT molecular complexity index is 484. The van der Waals surface area contributed by atoms with Crippen molar-refractivity contribution in [2.75, 3.05) is 50.5 Å². The van der Waals surface area contributed by atoms with Gasteiger partial charge in [-0.2, -0.15) is 0 Å². The summed E-state index contributed by atoms with van der Waals surface area (Å²) in [6, 6.07) is 7.93. The molecule has 1 heterocycles. The molecule has 136 valence electrons. The summed E-state index contributed by atoms with van der Waals surface area (Å²) >= 11 is 1.66. The highest BCUT2D eigenvalue weighted by molar-refractivity contribution is 7.99. The number of β-amino-alcohol motifs (C(OH)–C–C–N with tert-alkyl or cyclic N) is 1. The lowest BCUT2D eigenvalue weighted by molar-refractivity contribution is -0.0627. The molecule has 0 spiro atoms. The summed E-state index contributed by atoms with van der Waals surface area (Å²) in [6.07, 6.45) is 1.80. The molecule has 1 aliphatic rings. The summed E-state index contributed by atoms with van der Waals surface area (Å²) in [4.78, 5) is 2.26. The minimum atomic E-state index is -0.496. The zero-order valence-electron chi connectivity index (χ0n) is 15.1. The van der Waals surface area contributed by atoms with Crippen LogP contribution in [0, 0.1) is 5.92 Å². The Labute approximate surface area is 150 Å². The molecule has 1 N–H and O–H groups in total. The van der Waals surface area contributed by atoms with Gasteiger partial charge in [-0.1, -0.05) is 25.8 Å². The van der Waals surface area contributed by atoms with Crippen LogP contribution in [0.15, 0.2) is 24.3 Å². The monoisotopic (exact) mass is 354 g/mol. The van der Waals surface area contributed by atoms with E-state index in [1.807, 2.05) is 37.6 Å². The van der Waals surface area contributed by atoms with Crippen LogP contribution in [-0.2, 0) is 4.74 Å². The first-order valence-corrected chi connectivity index (χ1v) is 9.70. The van der Waals surface area contributed by atoms with Gasteiger partial charge in [0.15, 0.2) is 0 Å². The van der Waals surface area contributed by atoms with Crippen molar-refractivity contribution in [3.8, 4) is 5.75 Å². The van der Waals surface area contributed by atoms with Gasteiger partial charge in [0.1, 0.15) is 18.5 Å². The topological polar surface area (TPSA) is 45.2 Å². The van der Waals surface area contributed by atoms with Gasteiger partial charge in [0.2, 0.25) is 0 Å². The summed E-state index contributed by atoms with van der Waals surface area (Å²) in [5.74, 6) is 1.29. The van der Waals surface area contributed by atoms with Crippen molar-refractivity contribution >= 4 is 17.6 Å². The summed E-state index contributed by atoms with van der Waals surface area (Å²) in [5.41, 5.74) is 1.13. The maximum absolute atomic E-state index is 10.2. The molecule has 2 rings (SSSR count). The van der Waals surface area contributed by atoms with E-state index in [9.17, 15) is 5.11 Å². The fourth-order valence-corrected chi connectivity index (χ4v) is 3.03. The van der Waals surface area contributed by atoms with Crippen LogP contribution in [0.5, 0.6) is 5.75 Å². The summed E-state index contributed by atoms with van der Waals surface area (Å²) in [7, 11) is 2.02. The van der Waals surface area contributed by atoms with Gasteiger partial charge in [-0.05, 0) is 30.2 Å². The second kappa shape index (κ2) is 9.51. The molecule has 0 amide bonds. The van der Waals surface area contributed by atoms with Gasteiger partial charge in [0.05, 0.1) is 12.7 Å². The van der Waals surface area contributed by atoms with Crippen molar-refractivity contribution in [2.24, 2.45) is 5.92 Å². The predicted octanol–water partition coefficient (Wildman–Crippen LogP) is 2.50. The molecule has 0 saturated carbocycles. The molecule has 24 heavy (non-hydrogen) atoms. The van der Waals surface area contributed by atoms with Gasteiger partial charge >= 0.3 is 0 Å². The number of anilines is 1. The summed E-state index contributed by atoms with van der Waals surface area (Å²) in [6.45, 7) is 7.76. The molecule has 2 unspecified atom stereocenters. The van der Waals surface area contributed by atoms with E-state index in [2.05, 4.69) is 23.1 Å². The highest BCUT2D eigenvalue weighted by Gasteiger charge is 2.24. The molecule has 6 heteroatoms. The number of benzene rings is 1. The van der Waals surface area contributed by atoms with Crippen LogP contribution in [0.3, 0.4) is 0 Å². The Morgan fingerprint density at radius 1 is 1.38 bits per heavy atom. The summed E-state index contributed by atoms with van der Waals surface area (Å²) in [5, 5.41) is 10.2. The summed E-state index contributed by atoms with van der Waals surface area (Å²) < 4.78 is 13.6. The first-order valence-electron chi connectivity index (χ1n) is 8.52. The Kier molecular flexibility index (Phi) is 7.68. The van der Waals surface area contributed by atoms with Crippen LogP contribution in [0.25, 0.3) is 0 Å². The van der Waals surface area contributed by atoms with Crippen LogP contribution in [0.4, 0.5) is 5.69 Å². The van der Waals surface area contributed by atoms with Gasteiger partial charge in [-0.15, -0.1) is 0 Å². The molecule has 1 aliphatic heterocycles. The van der Waals surface area contributed by atoms with E-state index < -0.39 is 6.10 Å². The van der Waals surface area contributed by atoms with Crippen molar-refractivity contribution in [3.05, 3.63) is 24.3 Å². The van der Waals surface area contributed by atoms with Gasteiger partial charge in [0.25, 0.3) is 0 Å². The van der Waals surface area contributed by atoms with Crippen LogP contribution in [0.2, 0.25) is 0 Å². The number of ether oxygens (including phenoxy) is 2. The van der Waals surface area contributed by atoms with Crippen molar-refractivity contribution in [2.45, 2.75) is 26.1 Å². The number of hydrogen-bond acceptors (Lipinski definition) is 6. The molecule has 1 saturated heterocycles. The smallest absolute Gasteiger partial charge is 0.119 e. The highest BCUT2D eigenvalue weighted by atomic mass is 32.2. The van der Waals surface area contributed by atoms with Crippen LogP contribution in [-0.4, -0.2) is 68.4 Å². The third kappa shape index (κ3) is 5.84. The van der Waals surface area contributed by atoms with Gasteiger partial charge in [-0.3, -0.25) is 4.90 Å². The minimum absolute atomic E-state index is 0.257. The zero-order valence-corrected chi connectivity index (χ0v) is 16.0. The second-order valence-corrected chi connectivity index (χ2v) is 7.46. The van der Waals surface area contributed by atoms with Crippen molar-refractivity contribution in [1.29, 1.82) is 0 Å². The molecular weight excluding hydrogens is 324 g/mol. The Balaban J connectivity index is 1.75. The normalized spacial score (nSPS) is 20.2. The number of morpholine rings is 1. The van der Waals surface area contributed by atoms with E-state index in [0.717, 1.165) is 31.1 Å². The van der Waals surface area contributed by atoms with Crippen molar-refractivity contribution in [1.82, 2.24) is 4.90 Å². The van der Waals surface area contributed by atoms with Crippen LogP contribution in [0.1, 0.15) is 13.8 Å². The van der Waals surface area contributed by atoms with E-state index >= 15 is 0 Å². The van der Waals surface area contributed by atoms with E-state index in [0.29, 0.717) is 19.1 Å². The van der Waals surface area contributed by atoms with E-state index in [4.69, 9.17) is 9.47 Å². The number of aliphatic hydroxyl groups excluding tert-OH is 1. The standard InChI is InChI=1S/C18H30N2O3S/c1-14(2)18-12-20(9-10-22-18)11-16(21)13-23-17-7-5-15(6-8-17)19(3)24-4/h5-8,14,16,18,21H,9-13H2,1-4H3. The zero-order chi connectivity index (χ0) is 17.5. The molecule has 0 radical (unpaired) electrons. The maximum Gasteiger partial charge on any atom is 0.119 e. The molecule has 5 nitrogen and oxygen atoms in total. The molecule has 2 atom stereocenters. The largest absolute Gasteiger partial charge is 0.491 e. The SMILES string of the molecule is CSN(C)c1ccc(OCC(O)CN2CCOC(C(C)C)C2)cc1. The van der Waals surface area contributed by atoms with Gasteiger partial charge in [0, 0.05) is 38.6 Å². The lowest BCUT2D eigenvalue weighted by Gasteiger charge is -2.35. The fraction of sp³-hybridized carbons (Fsp3) is 0.667. The van der Waals surface area contributed by atoms with E-state index in [1.165, 1.54) is 0 Å². The minimum Gasteiger partial charge on any atom is -0.491 e. The Morgan fingerprint density at radius 2 is 2.08 bits per heavy atom. The Morgan fingerprint density at radius 3 is 2.71 bits per heavy atom. The first-order chi connectivity index (χ1) is 11.5. The maximum atomic E-state index is 10.2. The van der Waals surface area contributed by atoms with E-state index in [-0.39, 0.29) is 6.10 Å². The predicted molar refractivity (Wildman–Crippen MR) is 101 cm³/mol. The molecule has 1 aromatic rings. The van der Waals surface area contributed by atoms with Crippen LogP contribution >= 0.6 is 11.9 Å². The number of hydrogen-bond donors (Lipinski definition) is 1. The number of rotatable bonds is 8. The average molecular weight is 355 g/mol. The molecule has 0 aliphatic carbocycles. The highest BCUT2D eigenvalue weighted by Crippen LogP contribution is 2.22. The van der Waals surface area contributed by atoms with Crippen molar-refractivity contribution in [3.63, 3.8) is 0 Å². The second-order valence-electron chi connectivity index (χ2n) is 6.55. The molecule has 0 aromatic heterocycles. The molecular formula is C18H30N2O3S. The number of aliphatic hydroxyl groups is 1. The third-order valence-electron chi connectivity index (χ3n) is 4.31.